The minimum atomic E-state index is -1.32. The summed E-state index contributed by atoms with van der Waals surface area (Å²) in [7, 11) is -1.23. The number of aromatic carboxylic acids is 1. The molecule has 0 aliphatic heterocycles. The maximum atomic E-state index is 13.2. The Morgan fingerprint density at radius 2 is 1.94 bits per heavy atom. The van der Waals surface area contributed by atoms with Gasteiger partial charge in [0.1, 0.15) is 5.82 Å². The first kappa shape index (κ1) is 13.2. The first-order chi connectivity index (χ1) is 8.59. The molecule has 18 heavy (non-hydrogen) atoms. The molecule has 1 fully saturated rings. The average molecular weight is 270 g/mol. The topological polar surface area (TPSA) is 54.4 Å². The van der Waals surface area contributed by atoms with Crippen molar-refractivity contribution in [3.8, 4) is 0 Å². The minimum absolute atomic E-state index is 0.0749. The number of hydrogen-bond acceptors (Lipinski definition) is 2. The lowest BCUT2D eigenvalue weighted by Gasteiger charge is -2.21. The van der Waals surface area contributed by atoms with Crippen molar-refractivity contribution in [1.82, 2.24) is 0 Å². The van der Waals surface area contributed by atoms with Crippen molar-refractivity contribution in [3.05, 3.63) is 29.6 Å². The number of carboxylic acids is 1. The quantitative estimate of drug-likeness (QED) is 0.918. The Hall–Kier alpha value is -1.23. The van der Waals surface area contributed by atoms with Gasteiger partial charge in [-0.25, -0.2) is 9.18 Å². The third kappa shape index (κ3) is 2.77. The number of rotatable bonds is 3. The van der Waals surface area contributed by atoms with Crippen LogP contribution in [0.25, 0.3) is 0 Å². The summed E-state index contributed by atoms with van der Waals surface area (Å²) in [5.74, 6) is -2.11. The second kappa shape index (κ2) is 5.61. The zero-order valence-corrected chi connectivity index (χ0v) is 10.7. The Balaban J connectivity index is 2.24. The van der Waals surface area contributed by atoms with Gasteiger partial charge in [-0.05, 0) is 31.0 Å². The van der Waals surface area contributed by atoms with Gasteiger partial charge in [-0.1, -0.05) is 19.3 Å². The molecule has 0 radical (unpaired) electrons. The van der Waals surface area contributed by atoms with E-state index in [9.17, 15) is 13.4 Å². The van der Waals surface area contributed by atoms with Crippen molar-refractivity contribution in [2.24, 2.45) is 0 Å². The van der Waals surface area contributed by atoms with Crippen molar-refractivity contribution in [1.29, 1.82) is 0 Å². The Bertz CT molecular complexity index is 481. The Labute approximate surface area is 107 Å². The van der Waals surface area contributed by atoms with Gasteiger partial charge in [-0.15, -0.1) is 0 Å². The van der Waals surface area contributed by atoms with Crippen LogP contribution in [0, 0.1) is 5.82 Å². The van der Waals surface area contributed by atoms with Crippen LogP contribution in [0.3, 0.4) is 0 Å². The molecule has 3 nitrogen and oxygen atoms in total. The number of carbonyl (C=O) groups is 1. The van der Waals surface area contributed by atoms with Crippen molar-refractivity contribution in [2.45, 2.75) is 42.2 Å². The molecule has 1 aliphatic rings. The molecule has 0 bridgehead atoms. The maximum Gasteiger partial charge on any atom is 0.338 e. The van der Waals surface area contributed by atoms with E-state index in [4.69, 9.17) is 5.11 Å². The highest BCUT2D eigenvalue weighted by atomic mass is 32.2. The predicted molar refractivity (Wildman–Crippen MR) is 66.6 cm³/mol. The smallest absolute Gasteiger partial charge is 0.338 e. The summed E-state index contributed by atoms with van der Waals surface area (Å²) < 4.78 is 25.5. The number of hydrogen-bond donors (Lipinski definition) is 1. The van der Waals surface area contributed by atoms with Gasteiger partial charge in [0.15, 0.2) is 0 Å². The maximum absolute atomic E-state index is 13.2. The predicted octanol–water partition coefficient (Wildman–Crippen LogP) is 2.96. The second-order valence-corrected chi connectivity index (χ2v) is 6.24. The second-order valence-electron chi connectivity index (χ2n) is 4.50. The summed E-state index contributed by atoms with van der Waals surface area (Å²) in [6.07, 6.45) is 5.07. The molecular formula is C13H15FO3S. The van der Waals surface area contributed by atoms with E-state index in [2.05, 4.69) is 0 Å². The normalized spacial score (nSPS) is 18.5. The van der Waals surface area contributed by atoms with Crippen LogP contribution in [0.4, 0.5) is 4.39 Å². The third-order valence-corrected chi connectivity index (χ3v) is 5.05. The van der Waals surface area contributed by atoms with E-state index >= 15 is 0 Å². The lowest BCUT2D eigenvalue weighted by Crippen LogP contribution is -2.19. The molecule has 1 aliphatic carbocycles. The summed E-state index contributed by atoms with van der Waals surface area (Å²) in [6.45, 7) is 0. The molecule has 0 amide bonds. The molecule has 1 unspecified atom stereocenters. The molecule has 1 atom stereocenters. The van der Waals surface area contributed by atoms with Crippen molar-refractivity contribution < 1.29 is 18.5 Å². The molecule has 0 spiro atoms. The molecule has 0 heterocycles. The molecular weight excluding hydrogens is 255 g/mol. The molecule has 1 saturated carbocycles. The van der Waals surface area contributed by atoms with Crippen LogP contribution in [0.1, 0.15) is 42.5 Å². The van der Waals surface area contributed by atoms with Gasteiger partial charge in [-0.3, -0.25) is 4.21 Å². The van der Waals surface area contributed by atoms with Crippen LogP contribution in [0.15, 0.2) is 23.1 Å². The van der Waals surface area contributed by atoms with Crippen molar-refractivity contribution in [2.75, 3.05) is 0 Å². The van der Waals surface area contributed by atoms with Crippen LogP contribution < -0.4 is 0 Å². The van der Waals surface area contributed by atoms with Crippen LogP contribution in [-0.2, 0) is 10.8 Å². The van der Waals surface area contributed by atoms with E-state index in [1.165, 1.54) is 12.1 Å². The SMILES string of the molecule is O=C(O)c1cc(S(=O)C2CCCCC2)ccc1F. The Morgan fingerprint density at radius 1 is 1.28 bits per heavy atom. The van der Waals surface area contributed by atoms with Gasteiger partial charge in [0.05, 0.1) is 16.4 Å². The van der Waals surface area contributed by atoms with E-state index in [1.54, 1.807) is 0 Å². The van der Waals surface area contributed by atoms with E-state index in [0.29, 0.717) is 4.90 Å². The lowest BCUT2D eigenvalue weighted by molar-refractivity contribution is 0.0691. The monoisotopic (exact) mass is 270 g/mol. The number of halogens is 1. The van der Waals surface area contributed by atoms with E-state index in [0.717, 1.165) is 38.2 Å². The fourth-order valence-electron chi connectivity index (χ4n) is 2.27. The van der Waals surface area contributed by atoms with E-state index in [1.807, 2.05) is 0 Å². The Kier molecular flexibility index (Phi) is 4.11. The molecule has 5 heteroatoms. The summed E-state index contributed by atoms with van der Waals surface area (Å²) in [5, 5.41) is 8.92. The first-order valence-electron chi connectivity index (χ1n) is 6.03. The molecule has 0 saturated heterocycles. The lowest BCUT2D eigenvalue weighted by atomic mass is 10.0. The molecule has 2 rings (SSSR count). The van der Waals surface area contributed by atoms with Crippen LogP contribution >= 0.6 is 0 Å². The molecule has 1 aromatic carbocycles. The minimum Gasteiger partial charge on any atom is -0.478 e. The summed E-state index contributed by atoms with van der Waals surface area (Å²) in [6, 6.07) is 3.70. The average Bonchev–Trinajstić information content (AvgIpc) is 2.39. The molecule has 1 aromatic rings. The highest BCUT2D eigenvalue weighted by Crippen LogP contribution is 2.26. The fourth-order valence-corrected chi connectivity index (χ4v) is 3.85. The third-order valence-electron chi connectivity index (χ3n) is 3.26. The largest absolute Gasteiger partial charge is 0.478 e. The Morgan fingerprint density at radius 3 is 2.56 bits per heavy atom. The molecule has 98 valence electrons. The summed E-state index contributed by atoms with van der Waals surface area (Å²) in [4.78, 5) is 11.3. The van der Waals surface area contributed by atoms with Crippen LogP contribution in [0.5, 0.6) is 0 Å². The fraction of sp³-hybridized carbons (Fsp3) is 0.462. The van der Waals surface area contributed by atoms with Gasteiger partial charge in [-0.2, -0.15) is 0 Å². The summed E-state index contributed by atoms with van der Waals surface area (Å²) in [5.41, 5.74) is -0.406. The number of carboxylic acid groups (broad SMARTS) is 1. The molecule has 0 aromatic heterocycles. The zero-order chi connectivity index (χ0) is 13.1. The summed E-state index contributed by atoms with van der Waals surface area (Å²) >= 11 is 0. The van der Waals surface area contributed by atoms with Gasteiger partial charge < -0.3 is 5.11 Å². The van der Waals surface area contributed by atoms with Crippen molar-refractivity contribution >= 4 is 16.8 Å². The molecule has 1 N–H and O–H groups in total. The van der Waals surface area contributed by atoms with Crippen LogP contribution in [0.2, 0.25) is 0 Å². The zero-order valence-electron chi connectivity index (χ0n) is 9.89. The van der Waals surface area contributed by atoms with Gasteiger partial charge in [0.25, 0.3) is 0 Å². The van der Waals surface area contributed by atoms with Gasteiger partial charge in [0.2, 0.25) is 0 Å². The number of benzene rings is 1. The highest BCUT2D eigenvalue weighted by molar-refractivity contribution is 7.85. The van der Waals surface area contributed by atoms with E-state index < -0.39 is 28.1 Å². The first-order valence-corrected chi connectivity index (χ1v) is 7.24. The standard InChI is InChI=1S/C13H15FO3S/c14-12-7-6-10(8-11(12)13(15)16)18(17)9-4-2-1-3-5-9/h6-9H,1-5H2,(H,15,16). The highest BCUT2D eigenvalue weighted by Gasteiger charge is 2.22. The van der Waals surface area contributed by atoms with Crippen LogP contribution in [-0.4, -0.2) is 20.5 Å². The van der Waals surface area contributed by atoms with E-state index in [-0.39, 0.29) is 5.25 Å². The van der Waals surface area contributed by atoms with Gasteiger partial charge in [0, 0.05) is 10.1 Å². The van der Waals surface area contributed by atoms with Crippen molar-refractivity contribution in [3.63, 3.8) is 0 Å². The van der Waals surface area contributed by atoms with Gasteiger partial charge >= 0.3 is 5.97 Å².